The van der Waals surface area contributed by atoms with Crippen LogP contribution in [0.1, 0.15) is 25.7 Å². The van der Waals surface area contributed by atoms with Crippen LogP contribution in [0.2, 0.25) is 0 Å². The second-order valence-corrected chi connectivity index (χ2v) is 7.84. The number of nitrogens with zero attached hydrogens (tertiary/aromatic N) is 1. The number of piperidine rings is 1. The van der Waals surface area contributed by atoms with Crippen molar-refractivity contribution in [1.82, 2.24) is 9.62 Å². The van der Waals surface area contributed by atoms with Gasteiger partial charge in [0.25, 0.3) is 0 Å². The van der Waals surface area contributed by atoms with Crippen LogP contribution in [0.25, 0.3) is 0 Å². The third-order valence-corrected chi connectivity index (χ3v) is 5.52. The average Bonchev–Trinajstić information content (AvgIpc) is 2.87. The highest BCUT2D eigenvalue weighted by Crippen LogP contribution is 2.23. The second kappa shape index (κ2) is 6.51. The van der Waals surface area contributed by atoms with Crippen molar-refractivity contribution in [3.05, 3.63) is 0 Å². The topological polar surface area (TPSA) is 75.7 Å². The van der Waals surface area contributed by atoms with E-state index in [1.165, 1.54) is 10.6 Å². The van der Waals surface area contributed by atoms with E-state index in [4.69, 9.17) is 4.74 Å². The first-order valence-electron chi connectivity index (χ1n) is 7.14. The Balaban J connectivity index is 1.85. The van der Waals surface area contributed by atoms with E-state index in [2.05, 4.69) is 5.32 Å². The quantitative estimate of drug-likeness (QED) is 0.773. The van der Waals surface area contributed by atoms with Crippen molar-refractivity contribution in [3.63, 3.8) is 0 Å². The van der Waals surface area contributed by atoms with Gasteiger partial charge in [-0.15, -0.1) is 0 Å². The number of methoxy groups -OCH3 is 1. The Bertz CT molecular complexity index is 451. The lowest BCUT2D eigenvalue weighted by molar-refractivity contribution is -0.122. The first kappa shape index (κ1) is 15.9. The molecule has 3 unspecified atom stereocenters. The molecular formula is C13H24N2O4S. The van der Waals surface area contributed by atoms with Crippen LogP contribution in [0, 0.1) is 5.92 Å². The number of hydrogen-bond donors (Lipinski definition) is 1. The molecule has 0 radical (unpaired) electrons. The normalized spacial score (nSPS) is 32.4. The molecule has 0 aliphatic carbocycles. The van der Waals surface area contributed by atoms with Gasteiger partial charge >= 0.3 is 0 Å². The maximum absolute atomic E-state index is 12.2. The van der Waals surface area contributed by atoms with Crippen LogP contribution in [0.5, 0.6) is 0 Å². The number of carbonyl (C=O) groups excluding carboxylic acids is 1. The summed E-state index contributed by atoms with van der Waals surface area (Å²) in [5.74, 6) is 0.333. The van der Waals surface area contributed by atoms with Gasteiger partial charge < -0.3 is 10.1 Å². The highest BCUT2D eigenvalue weighted by molar-refractivity contribution is 7.88. The smallest absolute Gasteiger partial charge is 0.211 e. The van der Waals surface area contributed by atoms with Gasteiger partial charge in [0.15, 0.2) is 0 Å². The van der Waals surface area contributed by atoms with Gasteiger partial charge in [-0.05, 0) is 25.2 Å². The minimum atomic E-state index is -3.14. The zero-order valence-corrected chi connectivity index (χ0v) is 13.0. The Hall–Kier alpha value is -0.500. The van der Waals surface area contributed by atoms with Gasteiger partial charge in [0.1, 0.15) is 5.78 Å². The highest BCUT2D eigenvalue weighted by atomic mass is 32.2. The number of hydrogen-bond acceptors (Lipinski definition) is 5. The molecule has 2 aliphatic rings. The molecule has 6 nitrogen and oxygen atoms in total. The zero-order chi connectivity index (χ0) is 14.8. The Morgan fingerprint density at radius 3 is 2.80 bits per heavy atom. The molecule has 3 atom stereocenters. The van der Waals surface area contributed by atoms with E-state index in [9.17, 15) is 13.2 Å². The number of Topliss-reactive ketones (excluding diaryl/α,β-unsaturated/α-hetero) is 1. The van der Waals surface area contributed by atoms with Crippen molar-refractivity contribution in [2.75, 3.05) is 33.0 Å². The standard InChI is InChI=1S/C13H24N2O4S/c1-19-11-7-12(14-8-11)13(16)6-10-4-3-5-15(9-10)20(2,17)18/h10-12,14H,3-9H2,1-2H3. The molecule has 7 heteroatoms. The number of nitrogens with one attached hydrogen (secondary N) is 1. The second-order valence-electron chi connectivity index (χ2n) is 5.85. The van der Waals surface area contributed by atoms with E-state index in [0.717, 1.165) is 19.3 Å². The van der Waals surface area contributed by atoms with Crippen LogP contribution in [0.3, 0.4) is 0 Å². The number of sulfonamides is 1. The molecule has 2 fully saturated rings. The van der Waals surface area contributed by atoms with E-state index in [1.54, 1.807) is 7.11 Å². The van der Waals surface area contributed by atoms with E-state index in [1.807, 2.05) is 0 Å². The molecule has 1 N–H and O–H groups in total. The molecule has 2 heterocycles. The molecule has 0 amide bonds. The summed E-state index contributed by atoms with van der Waals surface area (Å²) in [4.78, 5) is 12.2. The monoisotopic (exact) mass is 304 g/mol. The fourth-order valence-corrected chi connectivity index (χ4v) is 3.99. The van der Waals surface area contributed by atoms with Gasteiger partial charge in [0, 0.05) is 33.2 Å². The molecule has 0 saturated carbocycles. The van der Waals surface area contributed by atoms with E-state index >= 15 is 0 Å². The Morgan fingerprint density at radius 1 is 1.45 bits per heavy atom. The van der Waals surface area contributed by atoms with Crippen molar-refractivity contribution in [3.8, 4) is 0 Å². The van der Waals surface area contributed by atoms with Gasteiger partial charge in [-0.2, -0.15) is 0 Å². The van der Waals surface area contributed by atoms with Crippen LogP contribution >= 0.6 is 0 Å². The number of carbonyl (C=O) groups is 1. The van der Waals surface area contributed by atoms with Crippen molar-refractivity contribution in [2.45, 2.75) is 37.8 Å². The summed E-state index contributed by atoms with van der Waals surface area (Å²) in [6, 6.07) is -0.131. The first-order chi connectivity index (χ1) is 9.40. The van der Waals surface area contributed by atoms with Gasteiger partial charge in [-0.1, -0.05) is 0 Å². The van der Waals surface area contributed by atoms with Crippen LogP contribution in [-0.4, -0.2) is 63.7 Å². The van der Waals surface area contributed by atoms with Crippen LogP contribution in [0.15, 0.2) is 0 Å². The number of ether oxygens (including phenoxy) is 1. The Kier molecular flexibility index (Phi) is 5.17. The lowest BCUT2D eigenvalue weighted by Gasteiger charge is -2.31. The third kappa shape index (κ3) is 4.00. The maximum atomic E-state index is 12.2. The van der Waals surface area contributed by atoms with E-state index in [0.29, 0.717) is 26.1 Å². The lowest BCUT2D eigenvalue weighted by atomic mass is 9.91. The molecular weight excluding hydrogens is 280 g/mol. The van der Waals surface area contributed by atoms with Crippen molar-refractivity contribution in [1.29, 1.82) is 0 Å². The summed E-state index contributed by atoms with van der Waals surface area (Å²) < 4.78 is 29.9. The molecule has 2 aliphatic heterocycles. The molecule has 0 aromatic heterocycles. The van der Waals surface area contributed by atoms with Crippen LogP contribution in [-0.2, 0) is 19.6 Å². The Labute approximate surface area is 120 Å². The molecule has 2 rings (SSSR count). The summed E-state index contributed by atoms with van der Waals surface area (Å²) in [5, 5.41) is 3.18. The lowest BCUT2D eigenvalue weighted by Crippen LogP contribution is -2.41. The summed E-state index contributed by atoms with van der Waals surface area (Å²) in [5.41, 5.74) is 0. The number of ketones is 1. The van der Waals surface area contributed by atoms with Crippen molar-refractivity contribution < 1.29 is 17.9 Å². The molecule has 0 aromatic rings. The average molecular weight is 304 g/mol. The van der Waals surface area contributed by atoms with Gasteiger partial charge in [0.05, 0.1) is 18.4 Å². The SMILES string of the molecule is COC1CNC(C(=O)CC2CCCN(S(C)(=O)=O)C2)C1. The third-order valence-electron chi connectivity index (χ3n) is 4.25. The Morgan fingerprint density at radius 2 is 2.20 bits per heavy atom. The van der Waals surface area contributed by atoms with Crippen molar-refractivity contribution >= 4 is 15.8 Å². The minimum absolute atomic E-state index is 0.114. The maximum Gasteiger partial charge on any atom is 0.211 e. The number of rotatable bonds is 5. The first-order valence-corrected chi connectivity index (χ1v) is 8.99. The summed E-state index contributed by atoms with van der Waals surface area (Å²) in [6.07, 6.45) is 4.29. The van der Waals surface area contributed by atoms with Gasteiger partial charge in [-0.3, -0.25) is 4.79 Å². The van der Waals surface area contributed by atoms with Crippen LogP contribution < -0.4 is 5.32 Å². The fourth-order valence-electron chi connectivity index (χ4n) is 3.05. The van der Waals surface area contributed by atoms with E-state index < -0.39 is 10.0 Å². The molecule has 2 saturated heterocycles. The highest BCUT2D eigenvalue weighted by Gasteiger charge is 2.32. The molecule has 0 aromatic carbocycles. The predicted octanol–water partition coefficient (Wildman–Crippen LogP) is -0.00590. The van der Waals surface area contributed by atoms with Gasteiger partial charge in [0.2, 0.25) is 10.0 Å². The molecule has 0 bridgehead atoms. The van der Waals surface area contributed by atoms with Gasteiger partial charge in [-0.25, -0.2) is 12.7 Å². The minimum Gasteiger partial charge on any atom is -0.380 e. The summed E-state index contributed by atoms with van der Waals surface area (Å²) in [6.45, 7) is 1.77. The molecule has 0 spiro atoms. The van der Waals surface area contributed by atoms with Crippen molar-refractivity contribution in [2.24, 2.45) is 5.92 Å². The largest absolute Gasteiger partial charge is 0.380 e. The summed E-state index contributed by atoms with van der Waals surface area (Å²) >= 11 is 0. The summed E-state index contributed by atoms with van der Waals surface area (Å²) in [7, 11) is -1.48. The van der Waals surface area contributed by atoms with Crippen LogP contribution in [0.4, 0.5) is 0 Å². The zero-order valence-electron chi connectivity index (χ0n) is 12.2. The molecule has 116 valence electrons. The molecule has 20 heavy (non-hydrogen) atoms. The van der Waals surface area contributed by atoms with E-state index in [-0.39, 0.29) is 23.8 Å². The predicted molar refractivity (Wildman–Crippen MR) is 76.0 cm³/mol. The fraction of sp³-hybridized carbons (Fsp3) is 0.923.